The fourth-order valence-corrected chi connectivity index (χ4v) is 1.63. The minimum Gasteiger partial charge on any atom is -0.376 e. The largest absolute Gasteiger partial charge is 0.376 e. The number of nitrogens with zero attached hydrogens (tertiary/aromatic N) is 1. The van der Waals surface area contributed by atoms with E-state index in [4.69, 9.17) is 0 Å². The van der Waals surface area contributed by atoms with Gasteiger partial charge >= 0.3 is 0 Å². The SMILES string of the molecule is CCN(CC)CC(=O)NC(=O)CNc1ccccc1. The van der Waals surface area contributed by atoms with E-state index in [1.54, 1.807) is 0 Å². The molecule has 0 aliphatic heterocycles. The molecule has 2 N–H and O–H groups in total. The van der Waals surface area contributed by atoms with Crippen LogP contribution < -0.4 is 10.6 Å². The van der Waals surface area contributed by atoms with Gasteiger partial charge in [0.15, 0.2) is 0 Å². The second-order valence-electron chi connectivity index (χ2n) is 4.15. The molecule has 0 aliphatic rings. The Balaban J connectivity index is 2.29. The first-order valence-electron chi connectivity index (χ1n) is 6.49. The molecule has 1 aromatic carbocycles. The number of carbonyl (C=O) groups is 2. The maximum absolute atomic E-state index is 11.6. The van der Waals surface area contributed by atoms with Crippen molar-refractivity contribution in [3.63, 3.8) is 0 Å². The highest BCUT2D eigenvalue weighted by Crippen LogP contribution is 2.03. The monoisotopic (exact) mass is 263 g/mol. The predicted octanol–water partition coefficient (Wildman–Crippen LogP) is 1.08. The lowest BCUT2D eigenvalue weighted by atomic mass is 10.3. The summed E-state index contributed by atoms with van der Waals surface area (Å²) in [4.78, 5) is 25.1. The van der Waals surface area contributed by atoms with Crippen molar-refractivity contribution in [3.05, 3.63) is 30.3 Å². The highest BCUT2D eigenvalue weighted by molar-refractivity contribution is 5.97. The molecule has 0 fully saturated rings. The molecule has 0 heterocycles. The molecule has 0 unspecified atom stereocenters. The third-order valence-corrected chi connectivity index (χ3v) is 2.77. The molecular formula is C14H21N3O2. The van der Waals surface area contributed by atoms with Gasteiger partial charge in [-0.25, -0.2) is 0 Å². The predicted molar refractivity (Wildman–Crippen MR) is 75.9 cm³/mol. The van der Waals surface area contributed by atoms with Gasteiger partial charge in [0.1, 0.15) is 0 Å². The number of anilines is 1. The van der Waals surface area contributed by atoms with Gasteiger partial charge in [0.2, 0.25) is 11.8 Å². The molecule has 0 radical (unpaired) electrons. The summed E-state index contributed by atoms with van der Waals surface area (Å²) in [7, 11) is 0. The summed E-state index contributed by atoms with van der Waals surface area (Å²) in [6.07, 6.45) is 0. The van der Waals surface area contributed by atoms with Crippen LogP contribution in [-0.2, 0) is 9.59 Å². The number of para-hydroxylation sites is 1. The topological polar surface area (TPSA) is 61.4 Å². The Bertz CT molecular complexity index is 402. The van der Waals surface area contributed by atoms with Gasteiger partial charge in [0.05, 0.1) is 13.1 Å². The van der Waals surface area contributed by atoms with Gasteiger partial charge < -0.3 is 5.32 Å². The maximum atomic E-state index is 11.6. The maximum Gasteiger partial charge on any atom is 0.245 e. The average Bonchev–Trinajstić information content (AvgIpc) is 2.43. The summed E-state index contributed by atoms with van der Waals surface area (Å²) >= 11 is 0. The third-order valence-electron chi connectivity index (χ3n) is 2.77. The molecule has 1 rings (SSSR count). The zero-order valence-corrected chi connectivity index (χ0v) is 11.5. The molecule has 2 amide bonds. The van der Waals surface area contributed by atoms with Gasteiger partial charge in [-0.1, -0.05) is 32.0 Å². The Morgan fingerprint density at radius 1 is 1.05 bits per heavy atom. The number of likely N-dealkylation sites (N-methyl/N-ethyl adjacent to an activating group) is 1. The lowest BCUT2D eigenvalue weighted by Gasteiger charge is -2.16. The summed E-state index contributed by atoms with van der Waals surface area (Å²) in [6, 6.07) is 9.40. The molecule has 0 saturated carbocycles. The number of imide groups is 1. The molecule has 0 aromatic heterocycles. The van der Waals surface area contributed by atoms with Gasteiger partial charge in [-0.3, -0.25) is 19.8 Å². The van der Waals surface area contributed by atoms with Crippen LogP contribution in [0.25, 0.3) is 0 Å². The summed E-state index contributed by atoms with van der Waals surface area (Å²) in [6.45, 7) is 5.89. The smallest absolute Gasteiger partial charge is 0.245 e. The van der Waals surface area contributed by atoms with E-state index in [9.17, 15) is 9.59 Å². The van der Waals surface area contributed by atoms with Crippen LogP contribution in [0.5, 0.6) is 0 Å². The van der Waals surface area contributed by atoms with Gasteiger partial charge in [-0.2, -0.15) is 0 Å². The number of amides is 2. The molecule has 0 bridgehead atoms. The molecule has 0 aliphatic carbocycles. The van der Waals surface area contributed by atoms with Gasteiger partial charge in [-0.05, 0) is 25.2 Å². The Hall–Kier alpha value is -1.88. The number of benzene rings is 1. The number of hydrogen-bond acceptors (Lipinski definition) is 4. The Kier molecular flexibility index (Phi) is 6.60. The first kappa shape index (κ1) is 15.2. The summed E-state index contributed by atoms with van der Waals surface area (Å²) in [5.74, 6) is -0.579. The number of nitrogens with one attached hydrogen (secondary N) is 2. The first-order chi connectivity index (χ1) is 9.15. The van der Waals surface area contributed by atoms with E-state index in [1.807, 2.05) is 49.1 Å². The van der Waals surface area contributed by atoms with Crippen LogP contribution in [-0.4, -0.2) is 42.9 Å². The van der Waals surface area contributed by atoms with Crippen LogP contribution in [0, 0.1) is 0 Å². The number of rotatable bonds is 7. The quantitative estimate of drug-likeness (QED) is 0.773. The zero-order valence-electron chi connectivity index (χ0n) is 11.5. The molecule has 0 atom stereocenters. The summed E-state index contributed by atoms with van der Waals surface area (Å²) in [5.41, 5.74) is 0.855. The van der Waals surface area contributed by atoms with E-state index < -0.39 is 0 Å². The normalized spacial score (nSPS) is 10.3. The van der Waals surface area contributed by atoms with E-state index in [2.05, 4.69) is 10.6 Å². The second-order valence-corrected chi connectivity index (χ2v) is 4.15. The molecule has 0 saturated heterocycles. The van der Waals surface area contributed by atoms with Gasteiger partial charge in [-0.15, -0.1) is 0 Å². The Labute approximate surface area is 114 Å². The summed E-state index contributed by atoms with van der Waals surface area (Å²) in [5, 5.41) is 5.32. The lowest BCUT2D eigenvalue weighted by molar-refractivity contribution is -0.130. The second kappa shape index (κ2) is 8.26. The Morgan fingerprint density at radius 2 is 1.68 bits per heavy atom. The van der Waals surface area contributed by atoms with Gasteiger partial charge in [0, 0.05) is 5.69 Å². The van der Waals surface area contributed by atoms with Crippen molar-refractivity contribution in [1.29, 1.82) is 0 Å². The lowest BCUT2D eigenvalue weighted by Crippen LogP contribution is -2.42. The van der Waals surface area contributed by atoms with Crippen molar-refractivity contribution in [3.8, 4) is 0 Å². The van der Waals surface area contributed by atoms with E-state index in [1.165, 1.54) is 0 Å². The molecule has 1 aromatic rings. The van der Waals surface area contributed by atoms with Crippen molar-refractivity contribution in [2.45, 2.75) is 13.8 Å². The fraction of sp³-hybridized carbons (Fsp3) is 0.429. The highest BCUT2D eigenvalue weighted by atomic mass is 16.2. The van der Waals surface area contributed by atoms with Crippen LogP contribution in [0.4, 0.5) is 5.69 Å². The van der Waals surface area contributed by atoms with Crippen molar-refractivity contribution in [2.75, 3.05) is 31.5 Å². The van der Waals surface area contributed by atoms with E-state index in [0.717, 1.165) is 18.8 Å². The number of hydrogen-bond donors (Lipinski definition) is 2. The zero-order chi connectivity index (χ0) is 14.1. The standard InChI is InChI=1S/C14H21N3O2/c1-3-17(4-2)11-14(19)16-13(18)10-15-12-8-6-5-7-9-12/h5-9,15H,3-4,10-11H2,1-2H3,(H,16,18,19). The molecule has 0 spiro atoms. The van der Waals surface area contributed by atoms with E-state index in [0.29, 0.717) is 0 Å². The summed E-state index contributed by atoms with van der Waals surface area (Å²) < 4.78 is 0. The average molecular weight is 263 g/mol. The Morgan fingerprint density at radius 3 is 2.26 bits per heavy atom. The molecular weight excluding hydrogens is 242 g/mol. The van der Waals surface area contributed by atoms with Crippen molar-refractivity contribution >= 4 is 17.5 Å². The van der Waals surface area contributed by atoms with E-state index in [-0.39, 0.29) is 24.9 Å². The molecule has 104 valence electrons. The van der Waals surface area contributed by atoms with Crippen molar-refractivity contribution in [1.82, 2.24) is 10.2 Å². The minimum absolute atomic E-state index is 0.0913. The third kappa shape index (κ3) is 6.01. The molecule has 5 heteroatoms. The van der Waals surface area contributed by atoms with Crippen LogP contribution in [0.1, 0.15) is 13.8 Å². The fourth-order valence-electron chi connectivity index (χ4n) is 1.63. The van der Waals surface area contributed by atoms with Crippen LogP contribution in [0.15, 0.2) is 30.3 Å². The van der Waals surface area contributed by atoms with Crippen LogP contribution >= 0.6 is 0 Å². The van der Waals surface area contributed by atoms with Crippen LogP contribution in [0.3, 0.4) is 0 Å². The molecule has 5 nitrogen and oxygen atoms in total. The van der Waals surface area contributed by atoms with Crippen molar-refractivity contribution < 1.29 is 9.59 Å². The minimum atomic E-state index is -0.319. The van der Waals surface area contributed by atoms with Gasteiger partial charge in [0.25, 0.3) is 0 Å². The van der Waals surface area contributed by atoms with Crippen molar-refractivity contribution in [2.24, 2.45) is 0 Å². The van der Waals surface area contributed by atoms with Crippen LogP contribution in [0.2, 0.25) is 0 Å². The highest BCUT2D eigenvalue weighted by Gasteiger charge is 2.10. The first-order valence-corrected chi connectivity index (χ1v) is 6.49. The number of carbonyl (C=O) groups excluding carboxylic acids is 2. The van der Waals surface area contributed by atoms with E-state index >= 15 is 0 Å². The molecule has 19 heavy (non-hydrogen) atoms.